The molecule has 4 nitrogen and oxygen atoms in total. The number of alkyl halides is 5. The molecule has 1 fully saturated rings. The third kappa shape index (κ3) is 3.39. The predicted molar refractivity (Wildman–Crippen MR) is 84.1 cm³/mol. The molecule has 0 spiro atoms. The number of anilines is 1. The Balaban J connectivity index is 2.17. The van der Waals surface area contributed by atoms with Crippen molar-refractivity contribution in [1.29, 1.82) is 0 Å². The van der Waals surface area contributed by atoms with Crippen LogP contribution in [0.4, 0.5) is 27.8 Å². The fourth-order valence-corrected chi connectivity index (χ4v) is 3.71. The van der Waals surface area contributed by atoms with Crippen molar-refractivity contribution in [2.45, 2.75) is 18.5 Å². The first kappa shape index (κ1) is 17.8. The van der Waals surface area contributed by atoms with E-state index in [4.69, 9.17) is 0 Å². The molecule has 3 rings (SSSR count). The number of thiophene rings is 1. The van der Waals surface area contributed by atoms with E-state index in [1.165, 1.54) is 12.4 Å². The number of rotatable bonds is 2. The number of aromatic nitrogens is 1. The van der Waals surface area contributed by atoms with Gasteiger partial charge < -0.3 is 10.2 Å². The zero-order chi connectivity index (χ0) is 18.4. The molecule has 1 amide bonds. The summed E-state index contributed by atoms with van der Waals surface area (Å²) >= 11 is 0.750. The Hall–Kier alpha value is -1.97. The zero-order valence-electron chi connectivity index (χ0n) is 13.0. The Labute approximate surface area is 143 Å². The highest BCUT2D eigenvalue weighted by molar-refractivity contribution is 7.17. The highest BCUT2D eigenvalue weighted by atomic mass is 32.1. The molecule has 135 valence electrons. The maximum absolute atomic E-state index is 13.6. The van der Waals surface area contributed by atoms with E-state index >= 15 is 0 Å². The van der Waals surface area contributed by atoms with Gasteiger partial charge in [-0.15, -0.1) is 11.3 Å². The van der Waals surface area contributed by atoms with E-state index in [-0.39, 0.29) is 34.6 Å². The number of carbonyl (C=O) groups is 1. The Morgan fingerprint density at radius 2 is 2.12 bits per heavy atom. The van der Waals surface area contributed by atoms with Gasteiger partial charge >= 0.3 is 6.18 Å². The van der Waals surface area contributed by atoms with E-state index in [9.17, 15) is 26.7 Å². The van der Waals surface area contributed by atoms with Crippen LogP contribution in [-0.4, -0.2) is 37.0 Å². The van der Waals surface area contributed by atoms with Crippen LogP contribution in [0.15, 0.2) is 11.4 Å². The Morgan fingerprint density at radius 1 is 1.40 bits per heavy atom. The fourth-order valence-electron chi connectivity index (χ4n) is 2.69. The van der Waals surface area contributed by atoms with Gasteiger partial charge in [-0.3, -0.25) is 4.79 Å². The summed E-state index contributed by atoms with van der Waals surface area (Å²) in [5.74, 6) is -3.90. The third-order valence-electron chi connectivity index (χ3n) is 3.85. The van der Waals surface area contributed by atoms with Crippen molar-refractivity contribution < 1.29 is 26.7 Å². The molecule has 25 heavy (non-hydrogen) atoms. The van der Waals surface area contributed by atoms with Crippen LogP contribution in [0.25, 0.3) is 10.2 Å². The third-order valence-corrected chi connectivity index (χ3v) is 4.86. The highest BCUT2D eigenvalue weighted by Crippen LogP contribution is 2.41. The molecule has 1 N–H and O–H groups in total. The summed E-state index contributed by atoms with van der Waals surface area (Å²) in [5, 5.41) is 3.62. The predicted octanol–water partition coefficient (Wildman–Crippen LogP) is 3.72. The summed E-state index contributed by atoms with van der Waals surface area (Å²) in [7, 11) is 1.35. The number of pyridine rings is 1. The van der Waals surface area contributed by atoms with Crippen molar-refractivity contribution in [3.8, 4) is 0 Å². The number of fused-ring (bicyclic) bond motifs is 1. The van der Waals surface area contributed by atoms with Gasteiger partial charge in [-0.05, 0) is 12.5 Å². The van der Waals surface area contributed by atoms with Crippen molar-refractivity contribution >= 4 is 33.3 Å². The minimum Gasteiger partial charge on any atom is -0.355 e. The van der Waals surface area contributed by atoms with E-state index in [2.05, 4.69) is 10.3 Å². The first-order valence-corrected chi connectivity index (χ1v) is 8.19. The lowest BCUT2D eigenvalue weighted by Gasteiger charge is -2.33. The largest absolute Gasteiger partial charge is 0.417 e. The van der Waals surface area contributed by atoms with Gasteiger partial charge in [-0.1, -0.05) is 0 Å². The summed E-state index contributed by atoms with van der Waals surface area (Å²) < 4.78 is 67.2. The van der Waals surface area contributed by atoms with Crippen molar-refractivity contribution in [3.63, 3.8) is 0 Å². The number of piperidine rings is 1. The van der Waals surface area contributed by atoms with E-state index in [0.29, 0.717) is 0 Å². The molecule has 2 aromatic rings. The molecule has 0 unspecified atom stereocenters. The number of hydrogen-bond donors (Lipinski definition) is 1. The second-order valence-corrected chi connectivity index (χ2v) is 6.49. The Morgan fingerprint density at radius 3 is 2.72 bits per heavy atom. The van der Waals surface area contributed by atoms with Gasteiger partial charge in [-0.2, -0.15) is 13.2 Å². The van der Waals surface area contributed by atoms with Crippen LogP contribution in [0, 0.1) is 6.42 Å². The van der Waals surface area contributed by atoms with Crippen LogP contribution in [-0.2, 0) is 6.18 Å². The molecule has 1 saturated heterocycles. The molecular weight excluding hydrogens is 365 g/mol. The van der Waals surface area contributed by atoms with Crippen LogP contribution in [0.5, 0.6) is 0 Å². The van der Waals surface area contributed by atoms with Crippen LogP contribution < -0.4 is 10.2 Å². The summed E-state index contributed by atoms with van der Waals surface area (Å²) in [6.45, 7) is -0.618. The standard InChI is InChI=1S/C15H13F5N3OS/c1-21-13(24)8-6-25-12-9(15(18,19)20)5-10(22-11(8)12)23-4-2-3-14(16,17)7-23/h3,5-6H,2,4,7H2,1H3,(H,21,24). The van der Waals surface area contributed by atoms with E-state index in [1.807, 2.05) is 0 Å². The minimum atomic E-state index is -4.69. The molecule has 2 aromatic heterocycles. The van der Waals surface area contributed by atoms with Gasteiger partial charge in [0.1, 0.15) is 5.82 Å². The maximum Gasteiger partial charge on any atom is 0.417 e. The molecule has 3 heterocycles. The molecule has 0 saturated carbocycles. The topological polar surface area (TPSA) is 45.2 Å². The molecule has 1 aliphatic rings. The molecule has 10 heteroatoms. The van der Waals surface area contributed by atoms with Crippen LogP contribution in [0.2, 0.25) is 0 Å². The number of hydrogen-bond acceptors (Lipinski definition) is 4. The molecule has 1 radical (unpaired) electrons. The van der Waals surface area contributed by atoms with Gasteiger partial charge in [-0.25, -0.2) is 13.8 Å². The first-order valence-electron chi connectivity index (χ1n) is 7.31. The molecule has 0 atom stereocenters. The quantitative estimate of drug-likeness (QED) is 0.810. The summed E-state index contributed by atoms with van der Waals surface area (Å²) in [6.07, 6.45) is -3.82. The average Bonchev–Trinajstić information content (AvgIpc) is 2.95. The van der Waals surface area contributed by atoms with Crippen molar-refractivity contribution in [2.75, 3.05) is 25.0 Å². The van der Waals surface area contributed by atoms with Crippen molar-refractivity contribution in [1.82, 2.24) is 10.3 Å². The number of amides is 1. The first-order chi connectivity index (χ1) is 11.6. The van der Waals surface area contributed by atoms with Crippen LogP contribution >= 0.6 is 11.3 Å². The Kier molecular flexibility index (Phi) is 4.34. The minimum absolute atomic E-state index is 0.00909. The van der Waals surface area contributed by atoms with Crippen LogP contribution in [0.3, 0.4) is 0 Å². The molecular formula is C15H13F5N3OS. The number of halogens is 5. The lowest BCUT2D eigenvalue weighted by Crippen LogP contribution is -2.43. The van der Waals surface area contributed by atoms with Gasteiger partial charge in [0.25, 0.3) is 11.8 Å². The van der Waals surface area contributed by atoms with Gasteiger partial charge in [0.15, 0.2) is 0 Å². The lowest BCUT2D eigenvalue weighted by atomic mass is 10.1. The normalized spacial score (nSPS) is 17.8. The maximum atomic E-state index is 13.6. The molecule has 0 bridgehead atoms. The summed E-state index contributed by atoms with van der Waals surface area (Å²) in [4.78, 5) is 17.1. The second-order valence-electron chi connectivity index (χ2n) is 5.61. The van der Waals surface area contributed by atoms with Gasteiger partial charge in [0.2, 0.25) is 0 Å². The van der Waals surface area contributed by atoms with Crippen molar-refractivity contribution in [3.05, 3.63) is 29.0 Å². The highest BCUT2D eigenvalue weighted by Gasteiger charge is 2.39. The monoisotopic (exact) mass is 378 g/mol. The number of nitrogens with zero attached hydrogens (tertiary/aromatic N) is 2. The van der Waals surface area contributed by atoms with Crippen LogP contribution in [0.1, 0.15) is 22.3 Å². The van der Waals surface area contributed by atoms with Gasteiger partial charge in [0.05, 0.1) is 27.9 Å². The Bertz CT molecular complexity index is 817. The number of carbonyl (C=O) groups excluding carboxylic acids is 1. The van der Waals surface area contributed by atoms with Crippen molar-refractivity contribution in [2.24, 2.45) is 0 Å². The zero-order valence-corrected chi connectivity index (χ0v) is 13.8. The summed E-state index contributed by atoms with van der Waals surface area (Å²) in [5.41, 5.74) is -1.12. The van der Waals surface area contributed by atoms with E-state index in [1.54, 1.807) is 0 Å². The smallest absolute Gasteiger partial charge is 0.355 e. The molecule has 1 aliphatic heterocycles. The SMILES string of the molecule is CNC(=O)c1csc2c(C(F)(F)F)cc(N3CC[CH]C(F)(F)C3)nc12. The van der Waals surface area contributed by atoms with E-state index < -0.39 is 30.1 Å². The number of nitrogens with one attached hydrogen (secondary N) is 1. The van der Waals surface area contributed by atoms with Gasteiger partial charge in [0, 0.05) is 25.4 Å². The fraction of sp³-hybridized carbons (Fsp3) is 0.400. The summed E-state index contributed by atoms with van der Waals surface area (Å²) in [6, 6.07) is 0.772. The average molecular weight is 378 g/mol. The lowest BCUT2D eigenvalue weighted by molar-refractivity contribution is -0.136. The van der Waals surface area contributed by atoms with E-state index in [0.717, 1.165) is 28.7 Å². The molecule has 0 aromatic carbocycles. The second kappa shape index (κ2) is 6.08. The molecule has 0 aliphatic carbocycles.